The van der Waals surface area contributed by atoms with E-state index in [4.69, 9.17) is 11.6 Å². The Kier molecular flexibility index (Phi) is 7.61. The largest absolute Gasteiger partial charge is 0.508 e. The number of H-pyrrole nitrogens is 1. The zero-order chi connectivity index (χ0) is 19.8. The fourth-order valence-corrected chi connectivity index (χ4v) is 3.80. The van der Waals surface area contributed by atoms with Crippen molar-refractivity contribution < 1.29 is 9.67 Å². The number of aromatic amines is 1. The van der Waals surface area contributed by atoms with Crippen LogP contribution in [-0.2, 0) is 13.1 Å². The van der Waals surface area contributed by atoms with Crippen LogP contribution in [0.15, 0.2) is 42.5 Å². The second-order valence-corrected chi connectivity index (χ2v) is 7.83. The monoisotopic (exact) mass is 400 g/mol. The third-order valence-corrected chi connectivity index (χ3v) is 5.43. The molecular weight excluding hydrogens is 370 g/mol. The lowest BCUT2D eigenvalue weighted by atomic mass is 10.1. The van der Waals surface area contributed by atoms with Gasteiger partial charge in [0.1, 0.15) is 16.8 Å². The summed E-state index contributed by atoms with van der Waals surface area (Å²) in [6, 6.07) is 13.5. The first-order valence-corrected chi connectivity index (χ1v) is 10.8. The van der Waals surface area contributed by atoms with Crippen LogP contribution in [0.25, 0.3) is 11.0 Å². The Balaban J connectivity index is 1.66. The van der Waals surface area contributed by atoms with E-state index >= 15 is 0 Å². The molecule has 0 bridgehead atoms. The Hall–Kier alpha value is -2.20. The number of nitrogens with zero attached hydrogens (tertiary/aromatic N) is 1. The topological polar surface area (TPSA) is 51.9 Å². The van der Waals surface area contributed by atoms with Gasteiger partial charge < -0.3 is 5.11 Å². The molecule has 4 nitrogen and oxygen atoms in total. The zero-order valence-electron chi connectivity index (χ0n) is 16.7. The Morgan fingerprint density at radius 3 is 2.57 bits per heavy atom. The van der Waals surface area contributed by atoms with Gasteiger partial charge in [0.15, 0.2) is 0 Å². The molecule has 0 spiro atoms. The van der Waals surface area contributed by atoms with E-state index < -0.39 is 0 Å². The molecule has 1 aromatic heterocycles. The molecule has 0 aliphatic rings. The molecule has 5 heteroatoms. The second kappa shape index (κ2) is 10.4. The van der Waals surface area contributed by atoms with Crippen molar-refractivity contribution in [3.8, 4) is 5.75 Å². The Bertz CT molecular complexity index is 891. The highest BCUT2D eigenvalue weighted by Gasteiger charge is 2.17. The number of nitrogens with one attached hydrogen (secondary N) is 2. The molecule has 0 radical (unpaired) electrons. The summed E-state index contributed by atoms with van der Waals surface area (Å²) in [5, 5.41) is 14.1. The first-order chi connectivity index (χ1) is 13.7. The number of hydrogen-bond donors (Lipinski definition) is 3. The Morgan fingerprint density at radius 1 is 1.00 bits per heavy atom. The molecule has 0 amide bonds. The molecule has 2 aromatic carbocycles. The SMILES string of the molecule is CCCCCCCCC[n+]1c(NCc2cc(Cl)ccc2O)[nH]c2ccccc21. The number of unbranched alkanes of at least 4 members (excludes halogenated alkanes) is 6. The summed E-state index contributed by atoms with van der Waals surface area (Å²) in [6.45, 7) is 3.74. The summed E-state index contributed by atoms with van der Waals surface area (Å²) in [5.41, 5.74) is 3.10. The minimum atomic E-state index is 0.256. The van der Waals surface area contributed by atoms with E-state index in [2.05, 4.69) is 40.0 Å². The molecule has 28 heavy (non-hydrogen) atoms. The number of phenols is 1. The van der Waals surface area contributed by atoms with E-state index in [1.165, 1.54) is 44.0 Å². The quantitative estimate of drug-likeness (QED) is 0.266. The molecule has 0 aliphatic heterocycles. The number of phenolic OH excluding ortho intramolecular Hbond substituents is 1. The lowest BCUT2D eigenvalue weighted by Crippen LogP contribution is -2.36. The third-order valence-electron chi connectivity index (χ3n) is 5.19. The molecule has 0 aliphatic carbocycles. The minimum absolute atomic E-state index is 0.256. The summed E-state index contributed by atoms with van der Waals surface area (Å²) < 4.78 is 2.31. The van der Waals surface area contributed by atoms with Crippen LogP contribution in [0.3, 0.4) is 0 Å². The van der Waals surface area contributed by atoms with E-state index in [1.807, 2.05) is 6.07 Å². The van der Waals surface area contributed by atoms with Gasteiger partial charge >= 0.3 is 5.95 Å². The van der Waals surface area contributed by atoms with E-state index in [0.717, 1.165) is 30.0 Å². The first kappa shape index (κ1) is 20.5. The average Bonchev–Trinajstić information content (AvgIpc) is 3.05. The lowest BCUT2D eigenvalue weighted by Gasteiger charge is -2.07. The predicted octanol–water partition coefficient (Wildman–Crippen LogP) is 6.18. The van der Waals surface area contributed by atoms with Gasteiger partial charge in [-0.2, -0.15) is 0 Å². The molecule has 3 N–H and O–H groups in total. The Morgan fingerprint density at radius 2 is 1.75 bits per heavy atom. The molecule has 3 aromatic rings. The van der Waals surface area contributed by atoms with Gasteiger partial charge in [-0.1, -0.05) is 69.2 Å². The van der Waals surface area contributed by atoms with Gasteiger partial charge in [0.25, 0.3) is 0 Å². The van der Waals surface area contributed by atoms with Gasteiger partial charge in [-0.3, -0.25) is 5.32 Å². The molecule has 3 rings (SSSR count). The maximum atomic E-state index is 10.1. The van der Waals surface area contributed by atoms with Crippen molar-refractivity contribution in [2.24, 2.45) is 0 Å². The molecule has 1 heterocycles. The third kappa shape index (κ3) is 5.41. The van der Waals surface area contributed by atoms with Gasteiger partial charge in [-0.25, -0.2) is 9.55 Å². The van der Waals surface area contributed by atoms with Crippen LogP contribution in [0, 0.1) is 0 Å². The number of hydrogen-bond acceptors (Lipinski definition) is 2. The van der Waals surface area contributed by atoms with Gasteiger partial charge in [0.05, 0.1) is 13.1 Å². The van der Waals surface area contributed by atoms with E-state index in [1.54, 1.807) is 18.2 Å². The Labute approximate surface area is 172 Å². The predicted molar refractivity (Wildman–Crippen MR) is 117 cm³/mol. The summed E-state index contributed by atoms with van der Waals surface area (Å²) in [4.78, 5) is 3.47. The maximum absolute atomic E-state index is 10.1. The molecular formula is C23H31ClN3O+. The smallest absolute Gasteiger partial charge is 0.356 e. The highest BCUT2D eigenvalue weighted by atomic mass is 35.5. The van der Waals surface area contributed by atoms with Gasteiger partial charge in [-0.05, 0) is 36.8 Å². The average molecular weight is 401 g/mol. The van der Waals surface area contributed by atoms with Crippen molar-refractivity contribution in [1.82, 2.24) is 4.98 Å². The molecule has 0 saturated heterocycles. The van der Waals surface area contributed by atoms with Gasteiger partial charge in [0.2, 0.25) is 0 Å². The number of imidazole rings is 1. The van der Waals surface area contributed by atoms with Crippen LogP contribution < -0.4 is 9.88 Å². The number of aromatic nitrogens is 2. The van der Waals surface area contributed by atoms with Crippen LogP contribution in [-0.4, -0.2) is 10.1 Å². The van der Waals surface area contributed by atoms with Crippen molar-refractivity contribution in [2.45, 2.75) is 65.0 Å². The number of benzene rings is 2. The van der Waals surface area contributed by atoms with Crippen LogP contribution >= 0.6 is 11.6 Å². The van der Waals surface area contributed by atoms with Crippen molar-refractivity contribution in [2.75, 3.05) is 5.32 Å². The molecule has 0 unspecified atom stereocenters. The van der Waals surface area contributed by atoms with E-state index in [9.17, 15) is 5.11 Å². The number of para-hydroxylation sites is 2. The normalized spacial score (nSPS) is 11.2. The van der Waals surface area contributed by atoms with Crippen LogP contribution in [0.4, 0.5) is 5.95 Å². The van der Waals surface area contributed by atoms with Crippen LogP contribution in [0.5, 0.6) is 5.75 Å². The zero-order valence-corrected chi connectivity index (χ0v) is 17.4. The maximum Gasteiger partial charge on any atom is 0.356 e. The number of aryl methyl sites for hydroxylation is 1. The standard InChI is InChI=1S/C23H30ClN3O/c1-2-3-4-5-6-7-10-15-27-21-12-9-8-11-20(21)26-23(27)25-17-18-16-19(24)13-14-22(18)28/h8-9,11-14,16H,2-7,10,15,17H2,1H3,(H2,25,26,28)/p+1. The van der Waals surface area contributed by atoms with E-state index in [-0.39, 0.29) is 5.75 Å². The number of fused-ring (bicyclic) bond motifs is 1. The van der Waals surface area contributed by atoms with Crippen molar-refractivity contribution in [1.29, 1.82) is 0 Å². The molecule has 0 fully saturated rings. The van der Waals surface area contributed by atoms with Crippen molar-refractivity contribution in [3.05, 3.63) is 53.1 Å². The van der Waals surface area contributed by atoms with Crippen molar-refractivity contribution >= 4 is 28.6 Å². The number of aromatic hydroxyl groups is 1. The van der Waals surface area contributed by atoms with Gasteiger partial charge in [0, 0.05) is 10.6 Å². The summed E-state index contributed by atoms with van der Waals surface area (Å²) >= 11 is 6.07. The van der Waals surface area contributed by atoms with Crippen molar-refractivity contribution in [3.63, 3.8) is 0 Å². The fourth-order valence-electron chi connectivity index (χ4n) is 3.60. The van der Waals surface area contributed by atoms with Crippen LogP contribution in [0.1, 0.15) is 57.4 Å². The molecule has 0 saturated carbocycles. The van der Waals surface area contributed by atoms with Crippen LogP contribution in [0.2, 0.25) is 5.02 Å². The van der Waals surface area contributed by atoms with E-state index in [0.29, 0.717) is 11.6 Å². The second-order valence-electron chi connectivity index (χ2n) is 7.39. The van der Waals surface area contributed by atoms with Gasteiger partial charge in [-0.15, -0.1) is 0 Å². The number of rotatable bonds is 11. The fraction of sp³-hybridized carbons (Fsp3) is 0.435. The lowest BCUT2D eigenvalue weighted by molar-refractivity contribution is -0.657. The summed E-state index contributed by atoms with van der Waals surface area (Å²) in [6.07, 6.45) is 9.06. The highest BCUT2D eigenvalue weighted by Crippen LogP contribution is 2.22. The first-order valence-electron chi connectivity index (χ1n) is 10.4. The number of halogens is 1. The highest BCUT2D eigenvalue weighted by molar-refractivity contribution is 6.30. The summed E-state index contributed by atoms with van der Waals surface area (Å²) in [7, 11) is 0. The summed E-state index contributed by atoms with van der Waals surface area (Å²) in [5.74, 6) is 1.22. The molecule has 150 valence electrons. The molecule has 0 atom stereocenters. The number of anilines is 1. The minimum Gasteiger partial charge on any atom is -0.508 e.